The normalized spacial score (nSPS) is 24.8. The Balaban J connectivity index is 1.70. The summed E-state index contributed by atoms with van der Waals surface area (Å²) in [5.74, 6) is 1.67. The maximum absolute atomic E-state index is 13.6. The molecule has 4 aliphatic rings. The van der Waals surface area contributed by atoms with E-state index in [1.807, 2.05) is 0 Å². The largest absolute Gasteiger partial charge is 0.407 e. The van der Waals surface area contributed by atoms with E-state index in [2.05, 4.69) is 10.3 Å². The minimum atomic E-state index is -4.79. The van der Waals surface area contributed by atoms with Crippen LogP contribution in [0.4, 0.5) is 18.9 Å². The Bertz CT molecular complexity index is 1130. The second-order valence-corrected chi connectivity index (χ2v) is 8.58. The summed E-state index contributed by atoms with van der Waals surface area (Å²) in [7, 11) is 0. The SMILES string of the molecule is [C-]#[N+]c1c(C(F)(F)F)cc(-c2ccccc2)n(NC2=C3CC4CC2C[C@H](C3)C4)c1=O. The zero-order chi connectivity index (χ0) is 21.0. The van der Waals surface area contributed by atoms with Crippen LogP contribution in [-0.2, 0) is 6.18 Å². The Hall–Kier alpha value is -3.01. The third kappa shape index (κ3) is 3.02. The fourth-order valence-electron chi connectivity index (χ4n) is 5.57. The van der Waals surface area contributed by atoms with Crippen molar-refractivity contribution in [3.63, 3.8) is 0 Å². The average molecular weight is 411 g/mol. The summed E-state index contributed by atoms with van der Waals surface area (Å²) in [5, 5.41) is 0. The lowest BCUT2D eigenvalue weighted by Gasteiger charge is -2.48. The van der Waals surface area contributed by atoms with Crippen molar-refractivity contribution < 1.29 is 13.2 Å². The van der Waals surface area contributed by atoms with Gasteiger partial charge in [-0.2, -0.15) is 13.2 Å². The number of benzene rings is 1. The van der Waals surface area contributed by atoms with E-state index in [9.17, 15) is 18.0 Å². The minimum absolute atomic E-state index is 0.113. The predicted octanol–water partition coefficient (Wildman–Crippen LogP) is 5.72. The number of allylic oxidation sites excluding steroid dienone is 2. The Morgan fingerprint density at radius 1 is 1.07 bits per heavy atom. The molecule has 0 radical (unpaired) electrons. The number of halogens is 3. The van der Waals surface area contributed by atoms with Crippen molar-refractivity contribution in [2.45, 2.75) is 38.3 Å². The van der Waals surface area contributed by atoms with Crippen LogP contribution >= 0.6 is 0 Å². The summed E-state index contributed by atoms with van der Waals surface area (Å²) >= 11 is 0. The second-order valence-electron chi connectivity index (χ2n) is 8.58. The highest BCUT2D eigenvalue weighted by molar-refractivity contribution is 5.66. The first-order valence-electron chi connectivity index (χ1n) is 10.1. The van der Waals surface area contributed by atoms with Gasteiger partial charge in [-0.25, -0.2) is 9.52 Å². The lowest BCUT2D eigenvalue weighted by atomic mass is 9.60. The van der Waals surface area contributed by atoms with E-state index >= 15 is 0 Å². The molecule has 0 spiro atoms. The highest BCUT2D eigenvalue weighted by atomic mass is 19.4. The lowest BCUT2D eigenvalue weighted by Crippen LogP contribution is -2.41. The van der Waals surface area contributed by atoms with Gasteiger partial charge in [0.15, 0.2) is 0 Å². The van der Waals surface area contributed by atoms with Crippen molar-refractivity contribution in [1.29, 1.82) is 0 Å². The van der Waals surface area contributed by atoms with Crippen LogP contribution < -0.4 is 11.0 Å². The third-order valence-corrected chi connectivity index (χ3v) is 6.66. The Kier molecular flexibility index (Phi) is 4.28. The van der Waals surface area contributed by atoms with E-state index in [1.54, 1.807) is 30.3 Å². The van der Waals surface area contributed by atoms with Crippen molar-refractivity contribution in [2.75, 3.05) is 5.43 Å². The molecule has 2 unspecified atom stereocenters. The molecule has 30 heavy (non-hydrogen) atoms. The lowest BCUT2D eigenvalue weighted by molar-refractivity contribution is -0.136. The van der Waals surface area contributed by atoms with E-state index in [0.29, 0.717) is 23.3 Å². The van der Waals surface area contributed by atoms with Crippen molar-refractivity contribution >= 4 is 5.69 Å². The van der Waals surface area contributed by atoms with E-state index in [0.717, 1.165) is 42.1 Å². The summed E-state index contributed by atoms with van der Waals surface area (Å²) in [6.45, 7) is 7.23. The molecule has 1 heterocycles. The van der Waals surface area contributed by atoms with Crippen molar-refractivity contribution in [1.82, 2.24) is 4.68 Å². The zero-order valence-electron chi connectivity index (χ0n) is 16.2. The number of pyridine rings is 1. The van der Waals surface area contributed by atoms with Gasteiger partial charge in [-0.3, -0.25) is 10.2 Å². The molecule has 6 rings (SSSR count). The molecule has 0 amide bonds. The number of aromatic nitrogens is 1. The summed E-state index contributed by atoms with van der Waals surface area (Å²) in [6, 6.07) is 9.44. The molecular weight excluding hydrogens is 391 g/mol. The molecule has 2 saturated carbocycles. The van der Waals surface area contributed by atoms with Gasteiger partial charge in [0.05, 0.1) is 17.8 Å². The number of nitrogens with zero attached hydrogens (tertiary/aromatic N) is 2. The van der Waals surface area contributed by atoms with Gasteiger partial charge >= 0.3 is 6.18 Å². The average Bonchev–Trinajstić information content (AvgIpc) is 2.70. The quantitative estimate of drug-likeness (QED) is 0.656. The van der Waals surface area contributed by atoms with Crippen LogP contribution in [0.15, 0.2) is 52.5 Å². The standard InChI is InChI=1S/C23H20F3N3O/c1-27-21-18(23(24,25)26)12-19(15-5-3-2-4-6-15)29(22(21)30)28-20-16-8-13-7-14(10-16)11-17(20)9-13/h2-6,12-14,16,28H,7-11H2/t13-,14?,16?/m1/s1. The molecule has 2 fully saturated rings. The maximum Gasteiger partial charge on any atom is 0.407 e. The first kappa shape index (κ1) is 19.0. The highest BCUT2D eigenvalue weighted by Crippen LogP contribution is 2.53. The van der Waals surface area contributed by atoms with Gasteiger partial charge in [0.1, 0.15) is 0 Å². The van der Waals surface area contributed by atoms with E-state index in [4.69, 9.17) is 6.57 Å². The van der Waals surface area contributed by atoms with Crippen LogP contribution in [0, 0.1) is 24.3 Å². The summed E-state index contributed by atoms with van der Waals surface area (Å²) in [6.07, 6.45) is 0.543. The fraction of sp³-hybridized carbons (Fsp3) is 0.391. The zero-order valence-corrected chi connectivity index (χ0v) is 16.2. The van der Waals surface area contributed by atoms with Gasteiger partial charge in [-0.1, -0.05) is 30.3 Å². The molecule has 3 atom stereocenters. The highest BCUT2D eigenvalue weighted by Gasteiger charge is 2.42. The van der Waals surface area contributed by atoms with Gasteiger partial charge < -0.3 is 0 Å². The van der Waals surface area contributed by atoms with Crippen LogP contribution in [0.2, 0.25) is 0 Å². The smallest absolute Gasteiger partial charge is 0.296 e. The monoisotopic (exact) mass is 411 g/mol. The Morgan fingerprint density at radius 2 is 1.73 bits per heavy atom. The minimum Gasteiger partial charge on any atom is -0.296 e. The summed E-state index contributed by atoms with van der Waals surface area (Å²) in [5.41, 5.74) is 2.99. The summed E-state index contributed by atoms with van der Waals surface area (Å²) in [4.78, 5) is 16.0. The van der Waals surface area contributed by atoms with Gasteiger partial charge in [0.25, 0.3) is 11.2 Å². The van der Waals surface area contributed by atoms with Gasteiger partial charge in [0, 0.05) is 17.2 Å². The number of hydrogen-bond donors (Lipinski definition) is 1. The molecule has 1 aromatic carbocycles. The van der Waals surface area contributed by atoms with Crippen LogP contribution in [0.25, 0.3) is 16.1 Å². The molecule has 4 nitrogen and oxygen atoms in total. The molecule has 2 aromatic rings. The van der Waals surface area contributed by atoms with E-state index in [1.165, 1.54) is 12.0 Å². The van der Waals surface area contributed by atoms with Crippen LogP contribution in [0.3, 0.4) is 0 Å². The fourth-order valence-corrected chi connectivity index (χ4v) is 5.57. The predicted molar refractivity (Wildman–Crippen MR) is 107 cm³/mol. The Labute approximate surface area is 171 Å². The van der Waals surface area contributed by atoms with Gasteiger partial charge in [0.2, 0.25) is 0 Å². The molecule has 154 valence electrons. The molecule has 4 bridgehead atoms. The number of rotatable bonds is 3. The first-order valence-corrected chi connectivity index (χ1v) is 10.1. The third-order valence-electron chi connectivity index (χ3n) is 6.66. The molecule has 1 N–H and O–H groups in total. The van der Waals surface area contributed by atoms with E-state index < -0.39 is 23.0 Å². The van der Waals surface area contributed by atoms with Gasteiger partial charge in [-0.15, -0.1) is 0 Å². The molecule has 1 aromatic heterocycles. The van der Waals surface area contributed by atoms with E-state index in [-0.39, 0.29) is 5.69 Å². The maximum atomic E-state index is 13.6. The first-order chi connectivity index (χ1) is 14.3. The molecule has 4 aliphatic carbocycles. The number of hydrogen-bond acceptors (Lipinski definition) is 2. The van der Waals surface area contributed by atoms with Crippen LogP contribution in [-0.4, -0.2) is 4.68 Å². The topological polar surface area (TPSA) is 38.4 Å². The summed E-state index contributed by atoms with van der Waals surface area (Å²) < 4.78 is 42.0. The molecule has 7 heteroatoms. The van der Waals surface area contributed by atoms with Crippen molar-refractivity contribution in [3.05, 3.63) is 75.0 Å². The van der Waals surface area contributed by atoms with Crippen molar-refractivity contribution in [3.8, 4) is 11.3 Å². The van der Waals surface area contributed by atoms with Gasteiger partial charge in [-0.05, 0) is 55.6 Å². The number of alkyl halides is 3. The van der Waals surface area contributed by atoms with Crippen molar-refractivity contribution in [2.24, 2.45) is 17.8 Å². The second kappa shape index (κ2) is 6.76. The van der Waals surface area contributed by atoms with Crippen LogP contribution in [0.5, 0.6) is 0 Å². The van der Waals surface area contributed by atoms with Crippen LogP contribution in [0.1, 0.15) is 37.7 Å². The number of nitrogens with one attached hydrogen (secondary N) is 1. The Morgan fingerprint density at radius 3 is 2.30 bits per heavy atom. The molecule has 0 saturated heterocycles. The molecular formula is C23H20F3N3O. The molecule has 0 aliphatic heterocycles.